The van der Waals surface area contributed by atoms with Crippen molar-refractivity contribution in [1.29, 1.82) is 0 Å². The molecule has 4 heteroatoms. The van der Waals surface area contributed by atoms with E-state index in [0.29, 0.717) is 24.0 Å². The number of nitrogens with zero attached hydrogens (tertiary/aromatic N) is 2. The second-order valence-corrected chi connectivity index (χ2v) is 6.95. The first-order valence-corrected chi connectivity index (χ1v) is 8.47. The van der Waals surface area contributed by atoms with Crippen LogP contribution in [0.1, 0.15) is 51.9 Å². The fourth-order valence-corrected chi connectivity index (χ4v) is 4.35. The summed E-state index contributed by atoms with van der Waals surface area (Å²) >= 11 is 0. The van der Waals surface area contributed by atoms with Crippen LogP contribution in [0.15, 0.2) is 0 Å². The number of likely N-dealkylation sites (tertiary alicyclic amines) is 1. The summed E-state index contributed by atoms with van der Waals surface area (Å²) in [5.41, 5.74) is 0. The molecule has 3 aliphatic rings. The number of carbonyl (C=O) groups excluding carboxylic acids is 1. The Morgan fingerprint density at radius 3 is 2.60 bits per heavy atom. The van der Waals surface area contributed by atoms with E-state index >= 15 is 0 Å². The van der Waals surface area contributed by atoms with Crippen molar-refractivity contribution in [1.82, 2.24) is 15.1 Å². The molecule has 1 amide bonds. The summed E-state index contributed by atoms with van der Waals surface area (Å²) in [6.07, 6.45) is 8.80. The van der Waals surface area contributed by atoms with Crippen LogP contribution in [0.25, 0.3) is 0 Å². The second kappa shape index (κ2) is 6.02. The highest BCUT2D eigenvalue weighted by atomic mass is 16.2. The molecular formula is C16H29N3O. The molecule has 1 saturated carbocycles. The molecule has 1 aliphatic carbocycles. The Bertz CT molecular complexity index is 354. The van der Waals surface area contributed by atoms with Crippen LogP contribution in [0.5, 0.6) is 0 Å². The Hall–Kier alpha value is -0.610. The molecule has 0 bridgehead atoms. The van der Waals surface area contributed by atoms with Gasteiger partial charge in [0, 0.05) is 12.6 Å². The van der Waals surface area contributed by atoms with E-state index in [2.05, 4.69) is 29.1 Å². The highest BCUT2D eigenvalue weighted by Gasteiger charge is 2.46. The first-order chi connectivity index (χ1) is 9.70. The molecule has 2 aliphatic heterocycles. The number of hydrogen-bond donors (Lipinski definition) is 1. The third-order valence-corrected chi connectivity index (χ3v) is 5.41. The van der Waals surface area contributed by atoms with Gasteiger partial charge < -0.3 is 9.80 Å². The Morgan fingerprint density at radius 1 is 1.25 bits per heavy atom. The van der Waals surface area contributed by atoms with Gasteiger partial charge in [0.05, 0.1) is 12.2 Å². The molecule has 114 valence electrons. The van der Waals surface area contributed by atoms with Gasteiger partial charge in [-0.2, -0.15) is 0 Å². The van der Waals surface area contributed by atoms with Crippen molar-refractivity contribution in [2.75, 3.05) is 20.1 Å². The molecule has 3 unspecified atom stereocenters. The van der Waals surface area contributed by atoms with Gasteiger partial charge in [-0.3, -0.25) is 10.1 Å². The van der Waals surface area contributed by atoms with Crippen LogP contribution in [-0.2, 0) is 4.79 Å². The van der Waals surface area contributed by atoms with Gasteiger partial charge in [-0.1, -0.05) is 26.2 Å². The topological polar surface area (TPSA) is 35.6 Å². The average molecular weight is 279 g/mol. The summed E-state index contributed by atoms with van der Waals surface area (Å²) in [5.74, 6) is 1.07. The minimum atomic E-state index is 0.0801. The molecular weight excluding hydrogens is 250 g/mol. The highest BCUT2D eigenvalue weighted by Crippen LogP contribution is 2.34. The minimum absolute atomic E-state index is 0.0801. The largest absolute Gasteiger partial charge is 0.321 e. The summed E-state index contributed by atoms with van der Waals surface area (Å²) in [6.45, 7) is 4.35. The lowest BCUT2D eigenvalue weighted by Crippen LogP contribution is -2.48. The lowest BCUT2D eigenvalue weighted by molar-refractivity contribution is -0.132. The van der Waals surface area contributed by atoms with Gasteiger partial charge in [-0.25, -0.2) is 0 Å². The van der Waals surface area contributed by atoms with E-state index in [4.69, 9.17) is 0 Å². The Morgan fingerprint density at radius 2 is 2.00 bits per heavy atom. The van der Waals surface area contributed by atoms with Crippen molar-refractivity contribution >= 4 is 5.91 Å². The predicted molar refractivity (Wildman–Crippen MR) is 80.3 cm³/mol. The van der Waals surface area contributed by atoms with Crippen molar-refractivity contribution in [2.45, 2.75) is 70.1 Å². The zero-order valence-corrected chi connectivity index (χ0v) is 13.0. The second-order valence-electron chi connectivity index (χ2n) is 6.95. The molecule has 2 heterocycles. The van der Waals surface area contributed by atoms with Gasteiger partial charge in [0.2, 0.25) is 5.91 Å². The first-order valence-electron chi connectivity index (χ1n) is 8.47. The SMILES string of the molecule is CCCC1NC(C2CCCC2)N(C2CCN(C)C2)C1=O. The predicted octanol–water partition coefficient (Wildman–Crippen LogP) is 1.81. The van der Waals surface area contributed by atoms with Crippen molar-refractivity contribution in [2.24, 2.45) is 5.92 Å². The molecule has 1 N–H and O–H groups in total. The number of likely N-dealkylation sites (N-methyl/N-ethyl adjacent to an activating group) is 1. The average Bonchev–Trinajstić information content (AvgIpc) is 3.12. The summed E-state index contributed by atoms with van der Waals surface area (Å²) in [7, 11) is 2.17. The van der Waals surface area contributed by atoms with Gasteiger partial charge in [-0.05, 0) is 45.2 Å². The van der Waals surface area contributed by atoms with Crippen LogP contribution >= 0.6 is 0 Å². The Labute approximate surface area is 122 Å². The molecule has 3 fully saturated rings. The summed E-state index contributed by atoms with van der Waals surface area (Å²) in [4.78, 5) is 17.4. The fourth-order valence-electron chi connectivity index (χ4n) is 4.35. The van der Waals surface area contributed by atoms with Crippen molar-refractivity contribution in [3.05, 3.63) is 0 Å². The van der Waals surface area contributed by atoms with E-state index in [1.807, 2.05) is 0 Å². The Kier molecular flexibility index (Phi) is 4.32. The maximum absolute atomic E-state index is 12.8. The van der Waals surface area contributed by atoms with Crippen LogP contribution in [0, 0.1) is 5.92 Å². The van der Waals surface area contributed by atoms with Crippen molar-refractivity contribution in [3.63, 3.8) is 0 Å². The summed E-state index contributed by atoms with van der Waals surface area (Å²) < 4.78 is 0. The molecule has 4 nitrogen and oxygen atoms in total. The zero-order chi connectivity index (χ0) is 14.1. The van der Waals surface area contributed by atoms with Gasteiger partial charge in [0.1, 0.15) is 0 Å². The van der Waals surface area contributed by atoms with Crippen LogP contribution < -0.4 is 5.32 Å². The van der Waals surface area contributed by atoms with E-state index in [1.54, 1.807) is 0 Å². The number of nitrogens with one attached hydrogen (secondary N) is 1. The molecule has 0 radical (unpaired) electrons. The van der Waals surface area contributed by atoms with Crippen molar-refractivity contribution in [3.8, 4) is 0 Å². The van der Waals surface area contributed by atoms with Gasteiger partial charge in [-0.15, -0.1) is 0 Å². The molecule has 0 aromatic rings. The van der Waals surface area contributed by atoms with Crippen molar-refractivity contribution < 1.29 is 4.79 Å². The van der Waals surface area contributed by atoms with Gasteiger partial charge >= 0.3 is 0 Å². The molecule has 0 aromatic carbocycles. The number of rotatable bonds is 4. The third kappa shape index (κ3) is 2.60. The summed E-state index contributed by atoms with van der Waals surface area (Å²) in [6, 6.07) is 0.518. The molecule has 20 heavy (non-hydrogen) atoms. The maximum atomic E-state index is 12.8. The smallest absolute Gasteiger partial charge is 0.241 e. The van der Waals surface area contributed by atoms with Crippen LogP contribution in [0.4, 0.5) is 0 Å². The highest BCUT2D eigenvalue weighted by molar-refractivity contribution is 5.84. The lowest BCUT2D eigenvalue weighted by Gasteiger charge is -2.33. The normalized spacial score (nSPS) is 36.4. The molecule has 0 spiro atoms. The zero-order valence-electron chi connectivity index (χ0n) is 13.0. The number of hydrogen-bond acceptors (Lipinski definition) is 3. The van der Waals surface area contributed by atoms with E-state index in [0.717, 1.165) is 32.4 Å². The monoisotopic (exact) mass is 279 g/mol. The molecule has 2 saturated heterocycles. The standard InChI is InChI=1S/C16H29N3O/c1-3-6-14-16(20)19(13-9-10-18(2)11-13)15(17-14)12-7-4-5-8-12/h12-15,17H,3-11H2,1-2H3. The van der Waals surface area contributed by atoms with E-state index < -0.39 is 0 Å². The molecule has 3 atom stereocenters. The fraction of sp³-hybridized carbons (Fsp3) is 0.938. The maximum Gasteiger partial charge on any atom is 0.241 e. The number of amides is 1. The Balaban J connectivity index is 1.76. The molecule has 0 aromatic heterocycles. The number of carbonyl (C=O) groups is 1. The van der Waals surface area contributed by atoms with Crippen LogP contribution in [-0.4, -0.2) is 54.1 Å². The lowest BCUT2D eigenvalue weighted by atomic mass is 10.0. The quantitative estimate of drug-likeness (QED) is 0.852. The van der Waals surface area contributed by atoms with Gasteiger partial charge in [0.25, 0.3) is 0 Å². The molecule has 3 rings (SSSR count). The van der Waals surface area contributed by atoms with E-state index in [9.17, 15) is 4.79 Å². The van der Waals surface area contributed by atoms with Gasteiger partial charge in [0.15, 0.2) is 0 Å². The summed E-state index contributed by atoms with van der Waals surface area (Å²) in [5, 5.41) is 3.68. The van der Waals surface area contributed by atoms with E-state index in [-0.39, 0.29) is 6.04 Å². The first kappa shape index (κ1) is 14.3. The van der Waals surface area contributed by atoms with Crippen LogP contribution in [0.2, 0.25) is 0 Å². The third-order valence-electron chi connectivity index (χ3n) is 5.41. The van der Waals surface area contributed by atoms with E-state index in [1.165, 1.54) is 25.7 Å². The minimum Gasteiger partial charge on any atom is -0.321 e. The van der Waals surface area contributed by atoms with Crippen LogP contribution in [0.3, 0.4) is 0 Å².